The quantitative estimate of drug-likeness (QED) is 0.309. The number of fused-ring (bicyclic) bond motifs is 1. The molecule has 0 unspecified atom stereocenters. The van der Waals surface area contributed by atoms with Crippen molar-refractivity contribution < 1.29 is 19.0 Å². The number of benzene rings is 3. The minimum Gasteiger partial charge on any atom is -0.497 e. The van der Waals surface area contributed by atoms with Gasteiger partial charge in [-0.25, -0.2) is 9.79 Å². The summed E-state index contributed by atoms with van der Waals surface area (Å²) in [6.45, 7) is 1.92. The van der Waals surface area contributed by atoms with E-state index in [9.17, 15) is 9.59 Å². The predicted molar refractivity (Wildman–Crippen MR) is 152 cm³/mol. The molecule has 5 rings (SSSR count). The second-order valence-corrected chi connectivity index (χ2v) is 10.0. The summed E-state index contributed by atoms with van der Waals surface area (Å²) in [5, 5.41) is 0.543. The molecule has 1 aliphatic heterocycles. The van der Waals surface area contributed by atoms with Crippen molar-refractivity contribution in [2.24, 2.45) is 4.99 Å². The highest BCUT2D eigenvalue weighted by atomic mass is 35.5. The molecule has 4 aromatic rings. The van der Waals surface area contributed by atoms with Crippen LogP contribution in [0.5, 0.6) is 11.5 Å². The van der Waals surface area contributed by atoms with Crippen molar-refractivity contribution in [1.82, 2.24) is 4.57 Å². The molecule has 2 heterocycles. The monoisotopic (exact) mass is 560 g/mol. The maximum atomic E-state index is 14.0. The largest absolute Gasteiger partial charge is 0.497 e. The smallest absolute Gasteiger partial charge is 0.338 e. The number of methoxy groups -OCH3 is 2. The van der Waals surface area contributed by atoms with E-state index in [1.165, 1.54) is 11.3 Å². The number of hydrogen-bond donors (Lipinski definition) is 0. The number of thiazole rings is 1. The summed E-state index contributed by atoms with van der Waals surface area (Å²) >= 11 is 7.42. The highest BCUT2D eigenvalue weighted by Gasteiger charge is 2.35. The average molecular weight is 561 g/mol. The lowest BCUT2D eigenvalue weighted by atomic mass is 9.93. The lowest BCUT2D eigenvalue weighted by Crippen LogP contribution is -2.40. The van der Waals surface area contributed by atoms with Gasteiger partial charge in [-0.15, -0.1) is 0 Å². The second kappa shape index (κ2) is 11.3. The number of hydrogen-bond acceptors (Lipinski definition) is 7. The normalized spacial score (nSPS) is 15.0. The fourth-order valence-electron chi connectivity index (χ4n) is 4.49. The Morgan fingerprint density at radius 3 is 2.46 bits per heavy atom. The van der Waals surface area contributed by atoms with Gasteiger partial charge in [0.1, 0.15) is 11.5 Å². The molecule has 1 aliphatic rings. The van der Waals surface area contributed by atoms with Gasteiger partial charge in [0.2, 0.25) is 0 Å². The number of carbonyl (C=O) groups is 1. The third-order valence-electron chi connectivity index (χ3n) is 6.28. The van der Waals surface area contributed by atoms with E-state index in [2.05, 4.69) is 0 Å². The Hall–Kier alpha value is -4.14. The van der Waals surface area contributed by atoms with Gasteiger partial charge in [-0.3, -0.25) is 9.36 Å². The Morgan fingerprint density at radius 2 is 1.79 bits per heavy atom. The van der Waals surface area contributed by atoms with Crippen molar-refractivity contribution in [3.05, 3.63) is 120 Å². The van der Waals surface area contributed by atoms with Crippen LogP contribution >= 0.6 is 22.9 Å². The summed E-state index contributed by atoms with van der Waals surface area (Å²) in [4.78, 5) is 32.8. The first kappa shape index (κ1) is 26.5. The summed E-state index contributed by atoms with van der Waals surface area (Å²) in [7, 11) is 3.15. The summed E-state index contributed by atoms with van der Waals surface area (Å²) in [6.07, 6.45) is 1.75. The molecule has 1 aromatic heterocycles. The van der Waals surface area contributed by atoms with Gasteiger partial charge in [-0.05, 0) is 48.9 Å². The van der Waals surface area contributed by atoms with Crippen LogP contribution in [0.25, 0.3) is 11.8 Å². The molecule has 198 valence electrons. The SMILES string of the molecule is CCOC(=O)C1=C(c2ccccc2)N=c2s/c(=C/c3cc(OC)ccc3OC)c(=O)n2[C@@H]1c1ccc(Cl)cc1. The van der Waals surface area contributed by atoms with Crippen LogP contribution < -0.4 is 24.4 Å². The third kappa shape index (κ3) is 5.13. The van der Waals surface area contributed by atoms with Gasteiger partial charge in [0.15, 0.2) is 4.80 Å². The number of ether oxygens (including phenoxy) is 3. The van der Waals surface area contributed by atoms with Crippen LogP contribution in [0.3, 0.4) is 0 Å². The minimum absolute atomic E-state index is 0.178. The van der Waals surface area contributed by atoms with Crippen LogP contribution in [0.1, 0.15) is 29.7 Å². The third-order valence-corrected chi connectivity index (χ3v) is 7.52. The Balaban J connectivity index is 1.83. The molecule has 0 aliphatic carbocycles. The van der Waals surface area contributed by atoms with Gasteiger partial charge in [-0.1, -0.05) is 65.4 Å². The molecule has 0 saturated heterocycles. The minimum atomic E-state index is -0.776. The van der Waals surface area contributed by atoms with Crippen LogP contribution in [0.15, 0.2) is 88.2 Å². The van der Waals surface area contributed by atoms with E-state index in [1.54, 1.807) is 62.1 Å². The van der Waals surface area contributed by atoms with Crippen LogP contribution in [0.4, 0.5) is 0 Å². The standard InChI is InChI=1S/C30H25ClN2O5S/c1-4-38-29(35)25-26(18-8-6-5-7-9-18)32-30-33(27(25)19-10-12-21(31)13-11-19)28(34)24(39-30)17-20-16-22(36-2)14-15-23(20)37-3/h5-17,27H,4H2,1-3H3/b24-17+/t27-/m1/s1. The van der Waals surface area contributed by atoms with E-state index in [4.69, 9.17) is 30.8 Å². The van der Waals surface area contributed by atoms with Crippen molar-refractivity contribution in [1.29, 1.82) is 0 Å². The van der Waals surface area contributed by atoms with Crippen molar-refractivity contribution in [2.45, 2.75) is 13.0 Å². The molecule has 0 amide bonds. The number of halogens is 1. The van der Waals surface area contributed by atoms with Crippen LogP contribution in [-0.4, -0.2) is 31.4 Å². The second-order valence-electron chi connectivity index (χ2n) is 8.59. The molecular formula is C30H25ClN2O5S. The van der Waals surface area contributed by atoms with Crippen molar-refractivity contribution in [2.75, 3.05) is 20.8 Å². The first-order chi connectivity index (χ1) is 18.9. The lowest BCUT2D eigenvalue weighted by Gasteiger charge is -2.25. The zero-order valence-electron chi connectivity index (χ0n) is 21.5. The molecule has 0 saturated carbocycles. The molecular weight excluding hydrogens is 536 g/mol. The summed E-state index contributed by atoms with van der Waals surface area (Å²) < 4.78 is 18.3. The first-order valence-electron chi connectivity index (χ1n) is 12.2. The van der Waals surface area contributed by atoms with Gasteiger partial charge < -0.3 is 14.2 Å². The zero-order chi connectivity index (χ0) is 27.5. The molecule has 0 spiro atoms. The highest BCUT2D eigenvalue weighted by Crippen LogP contribution is 2.35. The van der Waals surface area contributed by atoms with Crippen LogP contribution in [0.2, 0.25) is 5.02 Å². The van der Waals surface area contributed by atoms with Gasteiger partial charge in [0, 0.05) is 16.1 Å². The van der Waals surface area contributed by atoms with Gasteiger partial charge in [-0.2, -0.15) is 0 Å². The van der Waals surface area contributed by atoms with E-state index in [0.717, 1.165) is 5.56 Å². The van der Waals surface area contributed by atoms with Crippen molar-refractivity contribution >= 4 is 40.7 Å². The lowest BCUT2D eigenvalue weighted by molar-refractivity contribution is -0.138. The van der Waals surface area contributed by atoms with E-state index >= 15 is 0 Å². The summed E-state index contributed by atoms with van der Waals surface area (Å²) in [5.41, 5.74) is 2.57. The van der Waals surface area contributed by atoms with E-state index in [1.807, 2.05) is 42.5 Å². The highest BCUT2D eigenvalue weighted by molar-refractivity contribution is 7.07. The molecule has 9 heteroatoms. The molecule has 7 nitrogen and oxygen atoms in total. The predicted octanol–water partition coefficient (Wildman–Crippen LogP) is 4.61. The van der Waals surface area contributed by atoms with Gasteiger partial charge >= 0.3 is 5.97 Å². The Morgan fingerprint density at radius 1 is 1.05 bits per heavy atom. The van der Waals surface area contributed by atoms with Crippen molar-refractivity contribution in [3.8, 4) is 11.5 Å². The molecule has 0 radical (unpaired) electrons. The average Bonchev–Trinajstić information content (AvgIpc) is 3.27. The molecule has 3 aromatic carbocycles. The Kier molecular flexibility index (Phi) is 7.67. The molecule has 0 N–H and O–H groups in total. The fourth-order valence-corrected chi connectivity index (χ4v) is 5.61. The van der Waals surface area contributed by atoms with Crippen LogP contribution in [-0.2, 0) is 9.53 Å². The van der Waals surface area contributed by atoms with Crippen LogP contribution in [0, 0.1) is 0 Å². The first-order valence-corrected chi connectivity index (χ1v) is 13.4. The van der Waals surface area contributed by atoms with E-state index in [-0.39, 0.29) is 17.7 Å². The molecule has 0 fully saturated rings. The number of aromatic nitrogens is 1. The number of nitrogens with zero attached hydrogens (tertiary/aromatic N) is 2. The zero-order valence-corrected chi connectivity index (χ0v) is 23.1. The molecule has 1 atom stereocenters. The number of carbonyl (C=O) groups excluding carboxylic acids is 1. The van der Waals surface area contributed by atoms with Gasteiger partial charge in [0.05, 0.1) is 42.7 Å². The Bertz CT molecular complexity index is 1740. The number of rotatable bonds is 7. The van der Waals surface area contributed by atoms with Gasteiger partial charge in [0.25, 0.3) is 5.56 Å². The summed E-state index contributed by atoms with van der Waals surface area (Å²) in [6, 6.07) is 21.1. The van der Waals surface area contributed by atoms with E-state index in [0.29, 0.717) is 42.7 Å². The molecule has 39 heavy (non-hydrogen) atoms. The maximum absolute atomic E-state index is 14.0. The van der Waals surface area contributed by atoms with Crippen molar-refractivity contribution in [3.63, 3.8) is 0 Å². The topological polar surface area (TPSA) is 79.1 Å². The fraction of sp³-hybridized carbons (Fsp3) is 0.167. The number of esters is 1. The molecule has 0 bridgehead atoms. The summed E-state index contributed by atoms with van der Waals surface area (Å²) in [5.74, 6) is 0.682. The maximum Gasteiger partial charge on any atom is 0.338 e. The van der Waals surface area contributed by atoms with E-state index < -0.39 is 12.0 Å². The Labute approximate surface area is 233 Å².